The maximum atomic E-state index is 14.1. The molecule has 42 heavy (non-hydrogen) atoms. The fourth-order valence-corrected chi connectivity index (χ4v) is 6.77. The van der Waals surface area contributed by atoms with Gasteiger partial charge in [0.15, 0.2) is 4.80 Å². The van der Waals surface area contributed by atoms with Crippen LogP contribution >= 0.6 is 22.9 Å². The molecule has 2 aromatic carbocycles. The second-order valence-electron chi connectivity index (χ2n) is 10.7. The number of anilines is 1. The van der Waals surface area contributed by atoms with E-state index in [1.807, 2.05) is 53.1 Å². The molecule has 0 fully saturated rings. The van der Waals surface area contributed by atoms with Gasteiger partial charge in [-0.05, 0) is 94.3 Å². The molecule has 0 radical (unpaired) electrons. The maximum absolute atomic E-state index is 14.1. The lowest BCUT2D eigenvalue weighted by Gasteiger charge is -2.29. The van der Waals surface area contributed by atoms with Gasteiger partial charge in [-0.1, -0.05) is 35.1 Å². The number of allylic oxidation sites excluding steroid dienone is 1. The van der Waals surface area contributed by atoms with Crippen molar-refractivity contribution in [2.75, 3.05) is 32.1 Å². The van der Waals surface area contributed by atoms with Crippen LogP contribution in [0.5, 0.6) is 0 Å². The molecule has 0 saturated carbocycles. The second-order valence-corrected chi connectivity index (χ2v) is 12.1. The third-order valence-electron chi connectivity index (χ3n) is 7.87. The van der Waals surface area contributed by atoms with Crippen LogP contribution in [-0.4, -0.2) is 47.1 Å². The van der Waals surface area contributed by atoms with Crippen LogP contribution in [0.25, 0.3) is 11.8 Å². The smallest absolute Gasteiger partial charge is 0.271 e. The van der Waals surface area contributed by atoms with Gasteiger partial charge in [0, 0.05) is 55.0 Å². The lowest BCUT2D eigenvalue weighted by molar-refractivity contribution is -0.127. The highest BCUT2D eigenvalue weighted by Crippen LogP contribution is 2.32. The number of aromatic nitrogens is 2. The van der Waals surface area contributed by atoms with Crippen LogP contribution in [0.1, 0.15) is 49.3 Å². The van der Waals surface area contributed by atoms with Crippen molar-refractivity contribution in [3.63, 3.8) is 0 Å². The van der Waals surface area contributed by atoms with Gasteiger partial charge in [0.25, 0.3) is 11.5 Å². The summed E-state index contributed by atoms with van der Waals surface area (Å²) in [4.78, 5) is 37.1. The number of thiazole rings is 1. The van der Waals surface area contributed by atoms with Crippen LogP contribution in [0, 0.1) is 13.8 Å². The lowest BCUT2D eigenvalue weighted by atomic mass is 9.94. The van der Waals surface area contributed by atoms with E-state index in [9.17, 15) is 9.59 Å². The number of aryl methyl sites for hydroxylation is 1. The van der Waals surface area contributed by atoms with Crippen molar-refractivity contribution in [1.82, 2.24) is 14.0 Å². The molecular formula is C33H36ClN5O2S. The number of amides is 1. The molecule has 3 heterocycles. The van der Waals surface area contributed by atoms with Crippen molar-refractivity contribution >= 4 is 40.6 Å². The molecule has 0 unspecified atom stereocenters. The average molecular weight is 602 g/mol. The van der Waals surface area contributed by atoms with Crippen molar-refractivity contribution < 1.29 is 4.79 Å². The number of benzene rings is 2. The summed E-state index contributed by atoms with van der Waals surface area (Å²) >= 11 is 7.56. The van der Waals surface area contributed by atoms with Crippen LogP contribution in [0.4, 0.5) is 5.69 Å². The Labute approximate surface area is 255 Å². The highest BCUT2D eigenvalue weighted by Gasteiger charge is 2.34. The number of likely N-dealkylation sites (N-methyl/N-ethyl adjacent to an activating group) is 1. The number of hydrogen-bond donors (Lipinski definition) is 0. The number of rotatable bonds is 7. The molecule has 0 saturated heterocycles. The van der Waals surface area contributed by atoms with E-state index >= 15 is 0 Å². The minimum Gasteiger partial charge on any atom is -0.378 e. The minimum absolute atomic E-state index is 0.112. The molecular weight excluding hydrogens is 566 g/mol. The molecule has 0 N–H and O–H groups in total. The summed E-state index contributed by atoms with van der Waals surface area (Å²) in [7, 11) is 4.05. The second kappa shape index (κ2) is 11.8. The van der Waals surface area contributed by atoms with E-state index in [0.29, 0.717) is 38.7 Å². The molecule has 1 amide bonds. The highest BCUT2D eigenvalue weighted by molar-refractivity contribution is 7.07. The van der Waals surface area contributed by atoms with Gasteiger partial charge in [-0.15, -0.1) is 0 Å². The molecule has 9 heteroatoms. The van der Waals surface area contributed by atoms with E-state index in [2.05, 4.69) is 53.6 Å². The molecule has 1 aliphatic rings. The highest BCUT2D eigenvalue weighted by atomic mass is 35.5. The normalized spacial score (nSPS) is 15.0. The first-order valence-electron chi connectivity index (χ1n) is 14.1. The van der Waals surface area contributed by atoms with Crippen LogP contribution < -0.4 is 19.8 Å². The van der Waals surface area contributed by atoms with E-state index in [4.69, 9.17) is 16.6 Å². The van der Waals surface area contributed by atoms with Gasteiger partial charge in [0.2, 0.25) is 0 Å². The number of carbonyl (C=O) groups excluding carboxylic acids is 1. The summed E-state index contributed by atoms with van der Waals surface area (Å²) < 4.78 is 4.44. The summed E-state index contributed by atoms with van der Waals surface area (Å²) in [5.41, 5.74) is 7.06. The predicted octanol–water partition coefficient (Wildman–Crippen LogP) is 5.23. The number of carbonyl (C=O) groups is 1. The summed E-state index contributed by atoms with van der Waals surface area (Å²) in [6.07, 6.45) is 1.95. The number of fused-ring (bicyclic) bond motifs is 1. The van der Waals surface area contributed by atoms with Gasteiger partial charge in [0.05, 0.1) is 21.8 Å². The maximum Gasteiger partial charge on any atom is 0.271 e. The molecule has 1 aliphatic heterocycles. The van der Waals surface area contributed by atoms with Crippen molar-refractivity contribution in [2.24, 2.45) is 4.99 Å². The number of halogens is 1. The first-order valence-corrected chi connectivity index (χ1v) is 15.3. The van der Waals surface area contributed by atoms with Gasteiger partial charge in [-0.25, -0.2) is 4.99 Å². The van der Waals surface area contributed by atoms with E-state index < -0.39 is 6.04 Å². The van der Waals surface area contributed by atoms with E-state index in [1.165, 1.54) is 11.3 Å². The van der Waals surface area contributed by atoms with Gasteiger partial charge < -0.3 is 14.4 Å². The van der Waals surface area contributed by atoms with Gasteiger partial charge in [-0.3, -0.25) is 14.2 Å². The summed E-state index contributed by atoms with van der Waals surface area (Å²) in [5.74, 6) is -0.112. The zero-order valence-electron chi connectivity index (χ0n) is 25.1. The fourth-order valence-electron chi connectivity index (χ4n) is 5.61. The average Bonchev–Trinajstić information content (AvgIpc) is 3.42. The number of hydrogen-bond acceptors (Lipinski definition) is 5. The molecule has 0 bridgehead atoms. The molecule has 5 rings (SSSR count). The molecule has 2 aromatic heterocycles. The Morgan fingerprint density at radius 1 is 1.02 bits per heavy atom. The standard InChI is InChI=1S/C33H36ClN5O2S/c1-8-37(9-2)32(41)29-21(4)35-33-39(30(29)23-10-12-25(34)13-11-23)31(40)28(42-33)19-24-18-20(3)38(22(24)5)27-16-14-26(15-17-27)36(6)7/h10-19,30H,8-9H2,1-7H3/b28-19-/t30-/m0/s1. The minimum atomic E-state index is -0.601. The van der Waals surface area contributed by atoms with Crippen LogP contribution in [-0.2, 0) is 4.79 Å². The third-order valence-corrected chi connectivity index (χ3v) is 9.10. The van der Waals surface area contributed by atoms with E-state index in [-0.39, 0.29) is 11.5 Å². The van der Waals surface area contributed by atoms with Gasteiger partial charge >= 0.3 is 0 Å². The molecule has 0 spiro atoms. The largest absolute Gasteiger partial charge is 0.378 e. The van der Waals surface area contributed by atoms with Crippen molar-refractivity contribution in [2.45, 2.75) is 40.7 Å². The third kappa shape index (κ3) is 5.25. The van der Waals surface area contributed by atoms with Gasteiger partial charge in [0.1, 0.15) is 0 Å². The Morgan fingerprint density at radius 2 is 1.67 bits per heavy atom. The summed E-state index contributed by atoms with van der Waals surface area (Å²) in [6.45, 7) is 11.0. The van der Waals surface area contributed by atoms with Gasteiger partial charge in [-0.2, -0.15) is 0 Å². The number of nitrogens with zero attached hydrogens (tertiary/aromatic N) is 5. The zero-order chi connectivity index (χ0) is 30.3. The molecule has 0 aliphatic carbocycles. The fraction of sp³-hybridized carbons (Fsp3) is 0.303. The van der Waals surface area contributed by atoms with E-state index in [0.717, 1.165) is 33.9 Å². The Morgan fingerprint density at radius 3 is 2.26 bits per heavy atom. The Bertz CT molecular complexity index is 1860. The summed E-state index contributed by atoms with van der Waals surface area (Å²) in [5, 5.41) is 0.593. The Hall–Kier alpha value is -3.88. The lowest BCUT2D eigenvalue weighted by Crippen LogP contribution is -2.43. The molecule has 7 nitrogen and oxygen atoms in total. The molecule has 218 valence electrons. The first-order chi connectivity index (χ1) is 20.0. The predicted molar refractivity (Wildman–Crippen MR) is 173 cm³/mol. The molecule has 1 atom stereocenters. The topological polar surface area (TPSA) is 62.8 Å². The quantitative estimate of drug-likeness (QED) is 0.291. The van der Waals surface area contributed by atoms with E-state index in [1.54, 1.807) is 21.6 Å². The molecule has 4 aromatic rings. The van der Waals surface area contributed by atoms with Crippen LogP contribution in [0.3, 0.4) is 0 Å². The van der Waals surface area contributed by atoms with Crippen molar-refractivity contribution in [3.8, 4) is 5.69 Å². The van der Waals surface area contributed by atoms with Crippen LogP contribution in [0.2, 0.25) is 5.02 Å². The SMILES string of the molecule is CCN(CC)C(=O)C1=C(C)N=c2s/c(=C\c3cc(C)n(-c4ccc(N(C)C)cc4)c3C)c(=O)n2[C@H]1c1ccc(Cl)cc1. The monoisotopic (exact) mass is 601 g/mol. The Balaban J connectivity index is 1.66. The van der Waals surface area contributed by atoms with Crippen LogP contribution in [0.15, 0.2) is 75.7 Å². The first kappa shape index (κ1) is 29.6. The Kier molecular flexibility index (Phi) is 8.30. The van der Waals surface area contributed by atoms with Crippen molar-refractivity contribution in [1.29, 1.82) is 0 Å². The van der Waals surface area contributed by atoms with Crippen molar-refractivity contribution in [3.05, 3.63) is 113 Å². The zero-order valence-corrected chi connectivity index (χ0v) is 26.7. The summed E-state index contributed by atoms with van der Waals surface area (Å²) in [6, 6.07) is 17.3.